The molecule has 1 saturated heterocycles. The molecule has 0 spiro atoms. The van der Waals surface area contributed by atoms with Crippen molar-refractivity contribution in [1.29, 1.82) is 0 Å². The van der Waals surface area contributed by atoms with Crippen LogP contribution in [0.2, 0.25) is 10.0 Å². The lowest BCUT2D eigenvalue weighted by atomic mass is 10.1. The van der Waals surface area contributed by atoms with Gasteiger partial charge in [-0.3, -0.25) is 4.79 Å². The van der Waals surface area contributed by atoms with Crippen molar-refractivity contribution in [3.8, 4) is 0 Å². The second kappa shape index (κ2) is 9.50. The van der Waals surface area contributed by atoms with Gasteiger partial charge in [0.05, 0.1) is 10.8 Å². The first kappa shape index (κ1) is 21.5. The molecule has 5 nitrogen and oxygen atoms in total. The topological polar surface area (TPSA) is 66.5 Å². The van der Waals surface area contributed by atoms with Gasteiger partial charge in [0.1, 0.15) is 0 Å². The lowest BCUT2D eigenvalue weighted by molar-refractivity contribution is 0.0951. The van der Waals surface area contributed by atoms with E-state index in [4.69, 9.17) is 23.2 Å². The monoisotopic (exact) mass is 458 g/mol. The number of carbonyl (C=O) groups excluding carboxylic acids is 1. The Kier molecular flexibility index (Phi) is 7.28. The van der Waals surface area contributed by atoms with Crippen LogP contribution in [0.15, 0.2) is 47.4 Å². The number of benzene rings is 2. The molecule has 0 unspecified atom stereocenters. The molecule has 0 atom stereocenters. The number of amides is 1. The van der Waals surface area contributed by atoms with Crippen molar-refractivity contribution in [3.05, 3.63) is 63.6 Å². The predicted octanol–water partition coefficient (Wildman–Crippen LogP) is 4.05. The molecule has 0 aromatic heterocycles. The first-order valence-electron chi connectivity index (χ1n) is 8.78. The zero-order valence-corrected chi connectivity index (χ0v) is 18.2. The number of carbonyl (C=O) groups is 1. The number of thioether (sulfide) groups is 1. The largest absolute Gasteiger partial charge is 0.351 e. The van der Waals surface area contributed by atoms with Gasteiger partial charge in [-0.2, -0.15) is 0 Å². The van der Waals surface area contributed by atoms with Gasteiger partial charge >= 0.3 is 0 Å². The molecule has 0 radical (unpaired) electrons. The molecule has 0 saturated carbocycles. The van der Waals surface area contributed by atoms with Crippen molar-refractivity contribution in [2.24, 2.45) is 0 Å². The molecule has 1 fully saturated rings. The molecule has 1 amide bonds. The SMILES string of the molecule is O=C(NCCN1CCCS1(=O)=O)c1cccc(CSc2cc(Cl)ccc2Cl)c1. The minimum Gasteiger partial charge on any atom is -0.351 e. The summed E-state index contributed by atoms with van der Waals surface area (Å²) in [6.07, 6.45) is 0.645. The molecule has 28 heavy (non-hydrogen) atoms. The van der Waals surface area contributed by atoms with E-state index in [0.29, 0.717) is 40.9 Å². The van der Waals surface area contributed by atoms with Crippen LogP contribution in [0.3, 0.4) is 0 Å². The van der Waals surface area contributed by atoms with Crippen molar-refractivity contribution >= 4 is 50.9 Å². The highest BCUT2D eigenvalue weighted by Crippen LogP contribution is 2.32. The van der Waals surface area contributed by atoms with Gasteiger partial charge in [-0.05, 0) is 42.3 Å². The van der Waals surface area contributed by atoms with Crippen LogP contribution in [0, 0.1) is 0 Å². The quantitative estimate of drug-likeness (QED) is 0.635. The normalized spacial score (nSPS) is 16.2. The Morgan fingerprint density at radius 1 is 1.18 bits per heavy atom. The molecule has 1 aliphatic rings. The molecular weight excluding hydrogens is 439 g/mol. The maximum absolute atomic E-state index is 12.4. The highest BCUT2D eigenvalue weighted by atomic mass is 35.5. The third kappa shape index (κ3) is 5.64. The summed E-state index contributed by atoms with van der Waals surface area (Å²) in [4.78, 5) is 13.3. The minimum absolute atomic E-state index is 0.192. The Morgan fingerprint density at radius 3 is 2.75 bits per heavy atom. The number of halogens is 2. The van der Waals surface area contributed by atoms with Gasteiger partial charge in [0, 0.05) is 40.9 Å². The second-order valence-corrected chi connectivity index (χ2v) is 10.3. The Balaban J connectivity index is 1.55. The molecule has 0 aliphatic carbocycles. The van der Waals surface area contributed by atoms with Crippen LogP contribution in [0.25, 0.3) is 0 Å². The van der Waals surface area contributed by atoms with E-state index in [0.717, 1.165) is 10.5 Å². The lowest BCUT2D eigenvalue weighted by Crippen LogP contribution is -2.35. The average Bonchev–Trinajstić information content (AvgIpc) is 3.01. The summed E-state index contributed by atoms with van der Waals surface area (Å²) in [5.41, 5.74) is 1.52. The van der Waals surface area contributed by atoms with Gasteiger partial charge in [-0.1, -0.05) is 35.3 Å². The lowest BCUT2D eigenvalue weighted by Gasteiger charge is -2.14. The Bertz CT molecular complexity index is 967. The van der Waals surface area contributed by atoms with Gasteiger partial charge in [0.2, 0.25) is 10.0 Å². The van der Waals surface area contributed by atoms with Crippen LogP contribution >= 0.6 is 35.0 Å². The molecule has 9 heteroatoms. The van der Waals surface area contributed by atoms with Gasteiger partial charge in [0.15, 0.2) is 0 Å². The molecule has 1 heterocycles. The van der Waals surface area contributed by atoms with Gasteiger partial charge < -0.3 is 5.32 Å². The number of rotatable bonds is 7. The van der Waals surface area contributed by atoms with E-state index in [1.807, 2.05) is 24.3 Å². The first-order chi connectivity index (χ1) is 13.3. The van der Waals surface area contributed by atoms with E-state index < -0.39 is 10.0 Å². The average molecular weight is 459 g/mol. The van der Waals surface area contributed by atoms with Crippen LogP contribution in [0.4, 0.5) is 0 Å². The Labute approximate surface area is 179 Å². The number of hydrogen-bond donors (Lipinski definition) is 1. The van der Waals surface area contributed by atoms with Gasteiger partial charge in [-0.15, -0.1) is 11.8 Å². The van der Waals surface area contributed by atoms with Gasteiger partial charge in [0.25, 0.3) is 5.91 Å². The number of nitrogens with zero attached hydrogens (tertiary/aromatic N) is 1. The summed E-state index contributed by atoms with van der Waals surface area (Å²) in [6.45, 7) is 1.11. The summed E-state index contributed by atoms with van der Waals surface area (Å²) < 4.78 is 25.0. The van der Waals surface area contributed by atoms with Crippen LogP contribution in [-0.2, 0) is 15.8 Å². The number of sulfonamides is 1. The molecule has 2 aromatic carbocycles. The van der Waals surface area contributed by atoms with Crippen molar-refractivity contribution < 1.29 is 13.2 Å². The predicted molar refractivity (Wildman–Crippen MR) is 115 cm³/mol. The first-order valence-corrected chi connectivity index (χ1v) is 12.1. The Morgan fingerprint density at radius 2 is 2.00 bits per heavy atom. The van der Waals surface area contributed by atoms with E-state index in [-0.39, 0.29) is 18.2 Å². The Hall–Kier alpha value is -1.25. The number of hydrogen-bond acceptors (Lipinski definition) is 4. The van der Waals surface area contributed by atoms with Crippen molar-refractivity contribution in [3.63, 3.8) is 0 Å². The van der Waals surface area contributed by atoms with Crippen LogP contribution in [-0.4, -0.2) is 44.0 Å². The minimum atomic E-state index is -3.14. The summed E-state index contributed by atoms with van der Waals surface area (Å²) in [5, 5.41) is 4.05. The van der Waals surface area contributed by atoms with E-state index in [1.165, 1.54) is 4.31 Å². The fourth-order valence-corrected chi connectivity index (χ4v) is 5.85. The molecule has 2 aromatic rings. The fourth-order valence-electron chi connectivity index (χ4n) is 2.89. The van der Waals surface area contributed by atoms with Crippen LogP contribution in [0.5, 0.6) is 0 Å². The molecule has 0 bridgehead atoms. The summed E-state index contributed by atoms with van der Waals surface area (Å²) in [7, 11) is -3.14. The third-order valence-corrected chi connectivity index (χ3v) is 8.09. The van der Waals surface area contributed by atoms with E-state index >= 15 is 0 Å². The van der Waals surface area contributed by atoms with E-state index in [1.54, 1.807) is 30.0 Å². The molecular formula is C19H20Cl2N2O3S2. The maximum atomic E-state index is 12.4. The zero-order chi connectivity index (χ0) is 20.1. The number of nitrogens with one attached hydrogen (secondary N) is 1. The second-order valence-electron chi connectivity index (χ2n) is 6.39. The van der Waals surface area contributed by atoms with Crippen LogP contribution in [0.1, 0.15) is 22.3 Å². The van der Waals surface area contributed by atoms with E-state index in [2.05, 4.69) is 5.32 Å². The zero-order valence-electron chi connectivity index (χ0n) is 15.0. The highest BCUT2D eigenvalue weighted by molar-refractivity contribution is 7.98. The van der Waals surface area contributed by atoms with Crippen molar-refractivity contribution in [2.75, 3.05) is 25.4 Å². The molecule has 1 aliphatic heterocycles. The molecule has 1 N–H and O–H groups in total. The van der Waals surface area contributed by atoms with Crippen molar-refractivity contribution in [1.82, 2.24) is 9.62 Å². The third-order valence-electron chi connectivity index (χ3n) is 4.33. The smallest absolute Gasteiger partial charge is 0.251 e. The fraction of sp³-hybridized carbons (Fsp3) is 0.316. The summed E-state index contributed by atoms with van der Waals surface area (Å²) >= 11 is 13.7. The maximum Gasteiger partial charge on any atom is 0.251 e. The molecule has 150 valence electrons. The standard InChI is InChI=1S/C19H20Cl2N2O3S2/c20-16-5-6-17(21)18(12-16)27-13-14-3-1-4-15(11-14)19(24)22-7-9-23-8-2-10-28(23,25)26/h1,3-6,11-12H,2,7-10,13H2,(H,22,24). The van der Waals surface area contributed by atoms with Gasteiger partial charge in [-0.25, -0.2) is 12.7 Å². The summed E-state index contributed by atoms with van der Waals surface area (Å²) in [5.74, 6) is 0.619. The van der Waals surface area contributed by atoms with Crippen molar-refractivity contribution in [2.45, 2.75) is 17.1 Å². The highest BCUT2D eigenvalue weighted by Gasteiger charge is 2.27. The molecule has 3 rings (SSSR count). The van der Waals surface area contributed by atoms with Crippen LogP contribution < -0.4 is 5.32 Å². The van der Waals surface area contributed by atoms with E-state index in [9.17, 15) is 13.2 Å². The summed E-state index contributed by atoms with van der Waals surface area (Å²) in [6, 6.07) is 12.7.